The second-order valence-corrected chi connectivity index (χ2v) is 5.71. The predicted octanol–water partition coefficient (Wildman–Crippen LogP) is 2.88. The number of rotatable bonds is 8. The predicted molar refractivity (Wildman–Crippen MR) is 92.1 cm³/mol. The zero-order valence-electron chi connectivity index (χ0n) is 14.0. The summed E-state index contributed by atoms with van der Waals surface area (Å²) in [5.41, 5.74) is 1.90. The molecule has 0 saturated carbocycles. The van der Waals surface area contributed by atoms with E-state index in [1.54, 1.807) is 13.1 Å². The van der Waals surface area contributed by atoms with Gasteiger partial charge in [0.15, 0.2) is 0 Å². The maximum atomic E-state index is 13.1. The van der Waals surface area contributed by atoms with Crippen molar-refractivity contribution in [2.45, 2.75) is 20.1 Å². The number of ether oxygens (including phenoxy) is 1. The summed E-state index contributed by atoms with van der Waals surface area (Å²) in [6, 6.07) is 14.1. The number of halogens is 1. The normalized spacial score (nSPS) is 11.8. The topological polar surface area (TPSA) is 50.4 Å². The Bertz CT molecular complexity index is 659. The maximum Gasteiger partial charge on any atom is 0.223 e. The Hall–Kier alpha value is -2.40. The van der Waals surface area contributed by atoms with Crippen molar-refractivity contribution in [3.8, 4) is 5.75 Å². The van der Waals surface area contributed by atoms with Crippen molar-refractivity contribution < 1.29 is 13.9 Å². The molecule has 0 aromatic heterocycles. The first kappa shape index (κ1) is 17.9. The molecular weight excluding hydrogens is 307 g/mol. The van der Waals surface area contributed by atoms with Crippen LogP contribution in [0.3, 0.4) is 0 Å². The molecule has 2 aromatic rings. The highest BCUT2D eigenvalue weighted by atomic mass is 19.1. The van der Waals surface area contributed by atoms with Crippen LogP contribution in [0.25, 0.3) is 0 Å². The number of carbonyl (C=O) groups is 1. The van der Waals surface area contributed by atoms with Gasteiger partial charge < -0.3 is 15.4 Å². The first-order valence-corrected chi connectivity index (χ1v) is 7.97. The molecule has 0 heterocycles. The van der Waals surface area contributed by atoms with Gasteiger partial charge >= 0.3 is 0 Å². The Morgan fingerprint density at radius 2 is 1.92 bits per heavy atom. The average Bonchev–Trinajstić information content (AvgIpc) is 2.60. The van der Waals surface area contributed by atoms with Crippen LogP contribution in [0.15, 0.2) is 48.5 Å². The van der Waals surface area contributed by atoms with Crippen molar-refractivity contribution in [2.75, 3.05) is 13.6 Å². The molecule has 0 aliphatic rings. The lowest BCUT2D eigenvalue weighted by atomic mass is 10.1. The quantitative estimate of drug-likeness (QED) is 0.782. The minimum absolute atomic E-state index is 0.0311. The van der Waals surface area contributed by atoms with Gasteiger partial charge in [-0.05, 0) is 35.4 Å². The fraction of sp³-hybridized carbons (Fsp3) is 0.316. The van der Waals surface area contributed by atoms with Crippen molar-refractivity contribution in [3.05, 3.63) is 65.5 Å². The minimum atomic E-state index is -0.261. The van der Waals surface area contributed by atoms with Crippen molar-refractivity contribution in [3.63, 3.8) is 0 Å². The molecule has 2 rings (SSSR count). The van der Waals surface area contributed by atoms with Gasteiger partial charge in [0, 0.05) is 26.1 Å². The van der Waals surface area contributed by atoms with E-state index in [0.717, 1.165) is 16.9 Å². The van der Waals surface area contributed by atoms with Crippen LogP contribution in [-0.2, 0) is 17.9 Å². The molecule has 2 N–H and O–H groups in total. The second-order valence-electron chi connectivity index (χ2n) is 5.71. The van der Waals surface area contributed by atoms with E-state index < -0.39 is 0 Å². The van der Waals surface area contributed by atoms with Gasteiger partial charge in [0.05, 0.1) is 0 Å². The first-order chi connectivity index (χ1) is 11.6. The summed E-state index contributed by atoms with van der Waals surface area (Å²) < 4.78 is 18.8. The third-order valence-electron chi connectivity index (χ3n) is 3.69. The average molecular weight is 330 g/mol. The zero-order valence-corrected chi connectivity index (χ0v) is 14.0. The van der Waals surface area contributed by atoms with Crippen LogP contribution in [0.2, 0.25) is 0 Å². The van der Waals surface area contributed by atoms with Crippen molar-refractivity contribution in [2.24, 2.45) is 5.92 Å². The first-order valence-electron chi connectivity index (χ1n) is 7.97. The summed E-state index contributed by atoms with van der Waals surface area (Å²) in [4.78, 5) is 11.4. The standard InChI is InChI=1S/C19H23FN2O2/c1-14(19(23)21-2)11-22-12-15-6-8-18(9-7-15)24-13-16-4-3-5-17(20)10-16/h3-10,14,22H,11-13H2,1-2H3,(H,21,23). The molecule has 0 fully saturated rings. The van der Waals surface area contributed by atoms with Crippen LogP contribution in [0.4, 0.5) is 4.39 Å². The van der Waals surface area contributed by atoms with Gasteiger partial charge in [-0.1, -0.05) is 31.2 Å². The summed E-state index contributed by atoms with van der Waals surface area (Å²) in [5.74, 6) is 0.442. The number of hydrogen-bond donors (Lipinski definition) is 2. The zero-order chi connectivity index (χ0) is 17.4. The van der Waals surface area contributed by atoms with Crippen molar-refractivity contribution >= 4 is 5.91 Å². The van der Waals surface area contributed by atoms with E-state index in [9.17, 15) is 9.18 Å². The Morgan fingerprint density at radius 1 is 1.17 bits per heavy atom. The lowest BCUT2D eigenvalue weighted by Gasteiger charge is -2.11. The Morgan fingerprint density at radius 3 is 2.58 bits per heavy atom. The van der Waals surface area contributed by atoms with Crippen molar-refractivity contribution in [1.29, 1.82) is 0 Å². The number of nitrogens with one attached hydrogen (secondary N) is 2. The summed E-state index contributed by atoms with van der Waals surface area (Å²) in [7, 11) is 1.64. The molecule has 5 heteroatoms. The molecule has 24 heavy (non-hydrogen) atoms. The number of carbonyl (C=O) groups excluding carboxylic acids is 1. The highest BCUT2D eigenvalue weighted by Gasteiger charge is 2.09. The number of hydrogen-bond acceptors (Lipinski definition) is 3. The highest BCUT2D eigenvalue weighted by molar-refractivity contribution is 5.78. The van der Waals surface area contributed by atoms with Crippen LogP contribution in [-0.4, -0.2) is 19.5 Å². The third-order valence-corrected chi connectivity index (χ3v) is 3.69. The summed E-state index contributed by atoms with van der Waals surface area (Å²) >= 11 is 0. The summed E-state index contributed by atoms with van der Waals surface area (Å²) in [5, 5.41) is 5.89. The summed E-state index contributed by atoms with van der Waals surface area (Å²) in [6.45, 7) is 3.52. The van der Waals surface area contributed by atoms with Crippen molar-refractivity contribution in [1.82, 2.24) is 10.6 Å². The molecule has 4 nitrogen and oxygen atoms in total. The molecule has 0 spiro atoms. The smallest absolute Gasteiger partial charge is 0.223 e. The van der Waals surface area contributed by atoms with E-state index in [1.807, 2.05) is 37.3 Å². The lowest BCUT2D eigenvalue weighted by Crippen LogP contribution is -2.32. The van der Waals surface area contributed by atoms with Crippen LogP contribution in [0, 0.1) is 11.7 Å². The van der Waals surface area contributed by atoms with Crippen LogP contribution in [0.1, 0.15) is 18.1 Å². The SMILES string of the molecule is CNC(=O)C(C)CNCc1ccc(OCc2cccc(F)c2)cc1. The largest absolute Gasteiger partial charge is 0.489 e. The Kier molecular flexibility index (Phi) is 6.75. The molecule has 2 aromatic carbocycles. The molecule has 0 saturated heterocycles. The molecule has 1 amide bonds. The van der Waals surface area contributed by atoms with Gasteiger partial charge in [-0.25, -0.2) is 4.39 Å². The fourth-order valence-electron chi connectivity index (χ4n) is 2.27. The minimum Gasteiger partial charge on any atom is -0.489 e. The van der Waals surface area contributed by atoms with Crippen LogP contribution in [0.5, 0.6) is 5.75 Å². The summed E-state index contributed by atoms with van der Waals surface area (Å²) in [6.07, 6.45) is 0. The number of benzene rings is 2. The molecule has 1 unspecified atom stereocenters. The van der Waals surface area contributed by atoms with Gasteiger partial charge in [-0.15, -0.1) is 0 Å². The fourth-order valence-corrected chi connectivity index (χ4v) is 2.27. The van der Waals surface area contributed by atoms with Crippen LogP contribution < -0.4 is 15.4 Å². The molecule has 0 radical (unpaired) electrons. The maximum absolute atomic E-state index is 13.1. The monoisotopic (exact) mass is 330 g/mol. The molecular formula is C19H23FN2O2. The van der Waals surface area contributed by atoms with E-state index in [1.165, 1.54) is 12.1 Å². The van der Waals surface area contributed by atoms with E-state index in [4.69, 9.17) is 4.74 Å². The van der Waals surface area contributed by atoms with E-state index in [-0.39, 0.29) is 17.6 Å². The van der Waals surface area contributed by atoms with Gasteiger partial charge in [0.25, 0.3) is 0 Å². The molecule has 128 valence electrons. The van der Waals surface area contributed by atoms with Gasteiger partial charge in [0.1, 0.15) is 18.2 Å². The molecule has 0 bridgehead atoms. The Balaban J connectivity index is 1.77. The van der Waals surface area contributed by atoms with Gasteiger partial charge in [-0.2, -0.15) is 0 Å². The second kappa shape index (κ2) is 9.03. The van der Waals surface area contributed by atoms with E-state index in [2.05, 4.69) is 10.6 Å². The number of amides is 1. The highest BCUT2D eigenvalue weighted by Crippen LogP contribution is 2.14. The molecule has 0 aliphatic heterocycles. The lowest BCUT2D eigenvalue weighted by molar-refractivity contribution is -0.123. The molecule has 1 atom stereocenters. The van der Waals surface area contributed by atoms with E-state index in [0.29, 0.717) is 19.7 Å². The Labute approximate surface area is 142 Å². The van der Waals surface area contributed by atoms with E-state index >= 15 is 0 Å². The van der Waals surface area contributed by atoms with Crippen LogP contribution >= 0.6 is 0 Å². The third kappa shape index (κ3) is 5.66. The van der Waals surface area contributed by atoms with Gasteiger partial charge in [0.2, 0.25) is 5.91 Å². The van der Waals surface area contributed by atoms with Gasteiger partial charge in [-0.3, -0.25) is 4.79 Å². The molecule has 0 aliphatic carbocycles.